The van der Waals surface area contributed by atoms with E-state index in [0.717, 1.165) is 10.4 Å². The summed E-state index contributed by atoms with van der Waals surface area (Å²) >= 11 is 7.19. The number of Topliss-reactive ketones (excluding diaryl/α,β-unsaturated/α-hetero) is 1. The highest BCUT2D eigenvalue weighted by Gasteiger charge is 2.22. The highest BCUT2D eigenvalue weighted by Crippen LogP contribution is 2.29. The van der Waals surface area contributed by atoms with Gasteiger partial charge in [-0.15, -0.1) is 11.3 Å². The predicted molar refractivity (Wildman–Crippen MR) is 103 cm³/mol. The molecule has 3 aromatic rings. The molecule has 0 N–H and O–H groups in total. The number of pyridine rings is 1. The fourth-order valence-electron chi connectivity index (χ4n) is 2.32. The standard InChI is InChI=1S/C20H14ClNO3S/c1-25-20(24)16(12-13-2-4-15(21)5-3-13)19(23)18-7-6-17(26-18)14-8-10-22-11-9-14/h2-12H,1H3/b16-12-. The van der Waals surface area contributed by atoms with E-state index in [4.69, 9.17) is 16.3 Å². The molecule has 0 amide bonds. The number of ketones is 1. The Hall–Kier alpha value is -2.76. The van der Waals surface area contributed by atoms with Crippen molar-refractivity contribution < 1.29 is 14.3 Å². The molecule has 0 radical (unpaired) electrons. The summed E-state index contributed by atoms with van der Waals surface area (Å²) in [4.78, 5) is 30.4. The van der Waals surface area contributed by atoms with Crippen LogP contribution in [0.3, 0.4) is 0 Å². The molecule has 0 saturated carbocycles. The van der Waals surface area contributed by atoms with Gasteiger partial charge in [-0.1, -0.05) is 23.7 Å². The zero-order valence-corrected chi connectivity index (χ0v) is 15.4. The number of carbonyl (C=O) groups excluding carboxylic acids is 2. The van der Waals surface area contributed by atoms with Gasteiger partial charge in [0.05, 0.1) is 12.0 Å². The van der Waals surface area contributed by atoms with Crippen LogP contribution < -0.4 is 0 Å². The lowest BCUT2D eigenvalue weighted by Gasteiger charge is -2.04. The summed E-state index contributed by atoms with van der Waals surface area (Å²) in [5.74, 6) is -1.05. The van der Waals surface area contributed by atoms with E-state index < -0.39 is 5.97 Å². The lowest BCUT2D eigenvalue weighted by molar-refractivity contribution is -0.135. The monoisotopic (exact) mass is 383 g/mol. The number of hydrogen-bond acceptors (Lipinski definition) is 5. The summed E-state index contributed by atoms with van der Waals surface area (Å²) in [6.45, 7) is 0. The number of esters is 1. The fraction of sp³-hybridized carbons (Fsp3) is 0.0500. The van der Waals surface area contributed by atoms with Crippen LogP contribution in [0, 0.1) is 0 Å². The van der Waals surface area contributed by atoms with Crippen LogP contribution in [0.1, 0.15) is 15.2 Å². The molecule has 0 aliphatic carbocycles. The van der Waals surface area contributed by atoms with Crippen molar-refractivity contribution in [2.24, 2.45) is 0 Å². The summed E-state index contributed by atoms with van der Waals surface area (Å²) in [6.07, 6.45) is 4.89. The first-order valence-electron chi connectivity index (χ1n) is 7.69. The smallest absolute Gasteiger partial charge is 0.341 e. The lowest BCUT2D eigenvalue weighted by Crippen LogP contribution is -2.13. The molecule has 0 aliphatic heterocycles. The van der Waals surface area contributed by atoms with Gasteiger partial charge in [0, 0.05) is 22.3 Å². The Bertz CT molecular complexity index is 962. The third-order valence-corrected chi connectivity index (χ3v) is 5.01. The molecule has 0 saturated heterocycles. The molecule has 2 heterocycles. The minimum absolute atomic E-state index is 0.0297. The van der Waals surface area contributed by atoms with Crippen molar-refractivity contribution in [1.29, 1.82) is 0 Å². The van der Waals surface area contributed by atoms with Gasteiger partial charge in [-0.05, 0) is 53.6 Å². The van der Waals surface area contributed by atoms with E-state index in [1.165, 1.54) is 24.5 Å². The minimum Gasteiger partial charge on any atom is -0.465 e. The molecule has 2 aromatic heterocycles. The van der Waals surface area contributed by atoms with Crippen LogP contribution in [-0.2, 0) is 9.53 Å². The van der Waals surface area contributed by atoms with Gasteiger partial charge < -0.3 is 4.74 Å². The topological polar surface area (TPSA) is 56.3 Å². The molecule has 3 rings (SSSR count). The zero-order valence-electron chi connectivity index (χ0n) is 13.8. The number of thiophene rings is 1. The molecule has 26 heavy (non-hydrogen) atoms. The average molecular weight is 384 g/mol. The molecule has 0 bridgehead atoms. The predicted octanol–water partition coefficient (Wildman–Crippen LogP) is 4.90. The maximum Gasteiger partial charge on any atom is 0.341 e. The second-order valence-corrected chi connectivity index (χ2v) is 6.85. The Morgan fingerprint density at radius 3 is 2.38 bits per heavy atom. The second kappa shape index (κ2) is 8.08. The summed E-state index contributed by atoms with van der Waals surface area (Å²) in [5.41, 5.74) is 1.62. The maximum absolute atomic E-state index is 12.9. The summed E-state index contributed by atoms with van der Waals surface area (Å²) < 4.78 is 4.78. The van der Waals surface area contributed by atoms with Gasteiger partial charge >= 0.3 is 5.97 Å². The first kappa shape index (κ1) is 18.0. The highest BCUT2D eigenvalue weighted by molar-refractivity contribution is 7.17. The Morgan fingerprint density at radius 2 is 1.73 bits per heavy atom. The number of rotatable bonds is 5. The van der Waals surface area contributed by atoms with E-state index in [1.54, 1.807) is 42.7 Å². The van der Waals surface area contributed by atoms with Crippen molar-refractivity contribution in [2.75, 3.05) is 7.11 Å². The third-order valence-electron chi connectivity index (χ3n) is 3.63. The molecule has 0 aliphatic rings. The van der Waals surface area contributed by atoms with Gasteiger partial charge in [-0.2, -0.15) is 0 Å². The normalized spacial score (nSPS) is 11.2. The molecule has 1 aromatic carbocycles. The van der Waals surface area contributed by atoms with Crippen molar-refractivity contribution in [2.45, 2.75) is 0 Å². The SMILES string of the molecule is COC(=O)/C(=C\c1ccc(Cl)cc1)C(=O)c1ccc(-c2ccncc2)s1. The molecular formula is C20H14ClNO3S. The Morgan fingerprint density at radius 1 is 1.04 bits per heavy atom. The number of halogens is 1. The minimum atomic E-state index is -0.677. The van der Waals surface area contributed by atoms with Crippen LogP contribution in [0.25, 0.3) is 16.5 Å². The van der Waals surface area contributed by atoms with Gasteiger partial charge in [0.15, 0.2) is 0 Å². The van der Waals surface area contributed by atoms with Crippen molar-refractivity contribution in [1.82, 2.24) is 4.98 Å². The zero-order chi connectivity index (χ0) is 18.5. The van der Waals surface area contributed by atoms with E-state index in [9.17, 15) is 9.59 Å². The van der Waals surface area contributed by atoms with Gasteiger partial charge in [0.25, 0.3) is 0 Å². The van der Waals surface area contributed by atoms with Crippen LogP contribution in [-0.4, -0.2) is 23.8 Å². The van der Waals surface area contributed by atoms with E-state index in [-0.39, 0.29) is 11.4 Å². The first-order valence-corrected chi connectivity index (χ1v) is 8.88. The highest BCUT2D eigenvalue weighted by atomic mass is 35.5. The van der Waals surface area contributed by atoms with E-state index in [1.807, 2.05) is 18.2 Å². The third kappa shape index (κ3) is 4.07. The van der Waals surface area contributed by atoms with Crippen LogP contribution in [0.5, 0.6) is 0 Å². The summed E-state index contributed by atoms with van der Waals surface area (Å²) in [6, 6.07) is 14.1. The fourth-order valence-corrected chi connectivity index (χ4v) is 3.41. The quantitative estimate of drug-likeness (QED) is 0.207. The Labute approximate surface area is 159 Å². The largest absolute Gasteiger partial charge is 0.465 e. The van der Waals surface area contributed by atoms with E-state index >= 15 is 0 Å². The molecule has 4 nitrogen and oxygen atoms in total. The number of benzene rings is 1. The second-order valence-electron chi connectivity index (χ2n) is 5.33. The van der Waals surface area contributed by atoms with E-state index in [2.05, 4.69) is 4.98 Å². The first-order chi connectivity index (χ1) is 12.6. The maximum atomic E-state index is 12.9. The van der Waals surface area contributed by atoms with Crippen molar-refractivity contribution in [3.8, 4) is 10.4 Å². The number of aromatic nitrogens is 1. The molecule has 0 atom stereocenters. The van der Waals surface area contributed by atoms with Crippen molar-refractivity contribution in [3.63, 3.8) is 0 Å². The molecule has 0 unspecified atom stereocenters. The molecule has 6 heteroatoms. The van der Waals surface area contributed by atoms with Crippen molar-refractivity contribution in [3.05, 3.63) is 82.0 Å². The lowest BCUT2D eigenvalue weighted by atomic mass is 10.1. The van der Waals surface area contributed by atoms with Gasteiger partial charge in [0.2, 0.25) is 5.78 Å². The summed E-state index contributed by atoms with van der Waals surface area (Å²) in [5, 5.41) is 0.577. The number of carbonyl (C=O) groups is 2. The number of hydrogen-bond donors (Lipinski definition) is 0. The van der Waals surface area contributed by atoms with E-state index in [0.29, 0.717) is 15.5 Å². The number of nitrogens with zero attached hydrogens (tertiary/aromatic N) is 1. The molecular weight excluding hydrogens is 370 g/mol. The van der Waals surface area contributed by atoms with Crippen molar-refractivity contribution >= 4 is 40.8 Å². The van der Waals surface area contributed by atoms with Gasteiger partial charge in [0.1, 0.15) is 5.57 Å². The van der Waals surface area contributed by atoms with Gasteiger partial charge in [-0.3, -0.25) is 9.78 Å². The summed E-state index contributed by atoms with van der Waals surface area (Å²) in [7, 11) is 1.25. The number of ether oxygens (including phenoxy) is 1. The van der Waals surface area contributed by atoms with Crippen LogP contribution in [0.4, 0.5) is 0 Å². The van der Waals surface area contributed by atoms with Crippen LogP contribution in [0.2, 0.25) is 5.02 Å². The Kier molecular flexibility index (Phi) is 5.61. The van der Waals surface area contributed by atoms with Crippen LogP contribution in [0.15, 0.2) is 66.5 Å². The van der Waals surface area contributed by atoms with Gasteiger partial charge in [-0.25, -0.2) is 4.79 Å². The molecule has 130 valence electrons. The van der Waals surface area contributed by atoms with Crippen LogP contribution >= 0.6 is 22.9 Å². The Balaban J connectivity index is 1.95. The number of methoxy groups -OCH3 is 1. The average Bonchev–Trinajstić information content (AvgIpc) is 3.17. The molecule has 0 fully saturated rings. The molecule has 0 spiro atoms.